The Bertz CT molecular complexity index is 1090. The van der Waals surface area contributed by atoms with E-state index in [0.717, 1.165) is 11.1 Å². The minimum absolute atomic E-state index is 0.177. The number of nitrogens with zero attached hydrogens (tertiary/aromatic N) is 3. The molecule has 0 amide bonds. The molecule has 0 aliphatic heterocycles. The van der Waals surface area contributed by atoms with Crippen molar-refractivity contribution in [3.8, 4) is 0 Å². The molecule has 0 aliphatic rings. The van der Waals surface area contributed by atoms with Crippen LogP contribution in [0.15, 0.2) is 52.2 Å². The summed E-state index contributed by atoms with van der Waals surface area (Å²) in [6, 6.07) is 12.5. The SMILES string of the molecule is Cc1ccc(CN(C)S(=O)(=O)c2ccc3c(c2)n(C)c(=O)n3C)cc1. The van der Waals surface area contributed by atoms with E-state index in [1.807, 2.05) is 31.2 Å². The van der Waals surface area contributed by atoms with E-state index in [1.165, 1.54) is 13.4 Å². The number of hydrogen-bond donors (Lipinski definition) is 0. The van der Waals surface area contributed by atoms with Crippen LogP contribution in [0.3, 0.4) is 0 Å². The maximum absolute atomic E-state index is 12.9. The Morgan fingerprint density at radius 1 is 0.960 bits per heavy atom. The topological polar surface area (TPSA) is 64.3 Å². The highest BCUT2D eigenvalue weighted by molar-refractivity contribution is 7.89. The van der Waals surface area contributed by atoms with Gasteiger partial charge in [-0.2, -0.15) is 4.31 Å². The van der Waals surface area contributed by atoms with Crippen molar-refractivity contribution in [3.05, 3.63) is 64.1 Å². The minimum Gasteiger partial charge on any atom is -0.295 e. The van der Waals surface area contributed by atoms with Crippen LogP contribution < -0.4 is 5.69 Å². The molecule has 0 atom stereocenters. The average molecular weight is 359 g/mol. The van der Waals surface area contributed by atoms with Crippen LogP contribution in [0.25, 0.3) is 11.0 Å². The van der Waals surface area contributed by atoms with E-state index in [0.29, 0.717) is 11.0 Å². The van der Waals surface area contributed by atoms with Crippen molar-refractivity contribution in [1.29, 1.82) is 0 Å². The van der Waals surface area contributed by atoms with E-state index < -0.39 is 10.0 Å². The first-order valence-corrected chi connectivity index (χ1v) is 9.33. The van der Waals surface area contributed by atoms with Gasteiger partial charge >= 0.3 is 5.69 Å². The molecule has 0 unspecified atom stereocenters. The number of hydrogen-bond acceptors (Lipinski definition) is 3. The van der Waals surface area contributed by atoms with Crippen molar-refractivity contribution < 1.29 is 8.42 Å². The molecule has 0 saturated carbocycles. The summed E-state index contributed by atoms with van der Waals surface area (Å²) in [6.07, 6.45) is 0. The van der Waals surface area contributed by atoms with Crippen LogP contribution >= 0.6 is 0 Å². The zero-order chi connectivity index (χ0) is 18.4. The fourth-order valence-corrected chi connectivity index (χ4v) is 4.04. The molecule has 7 heteroatoms. The largest absolute Gasteiger partial charge is 0.328 e. The molecular formula is C18H21N3O3S. The number of benzene rings is 2. The lowest BCUT2D eigenvalue weighted by molar-refractivity contribution is 0.467. The van der Waals surface area contributed by atoms with E-state index >= 15 is 0 Å². The first-order chi connectivity index (χ1) is 11.7. The van der Waals surface area contributed by atoms with E-state index in [9.17, 15) is 13.2 Å². The molecule has 1 aromatic heterocycles. The van der Waals surface area contributed by atoms with E-state index in [1.54, 1.807) is 39.3 Å². The second-order valence-electron chi connectivity index (χ2n) is 6.30. The summed E-state index contributed by atoms with van der Waals surface area (Å²) < 4.78 is 30.0. The molecule has 132 valence electrons. The lowest BCUT2D eigenvalue weighted by Gasteiger charge is -2.17. The molecule has 2 aromatic carbocycles. The third-order valence-corrected chi connectivity index (χ3v) is 6.28. The number of fused-ring (bicyclic) bond motifs is 1. The fourth-order valence-electron chi connectivity index (χ4n) is 2.86. The Morgan fingerprint density at radius 3 is 2.20 bits per heavy atom. The van der Waals surface area contributed by atoms with Crippen LogP contribution in [-0.4, -0.2) is 28.9 Å². The smallest absolute Gasteiger partial charge is 0.295 e. The summed E-state index contributed by atoms with van der Waals surface area (Å²) in [4.78, 5) is 12.2. The van der Waals surface area contributed by atoms with Gasteiger partial charge in [-0.3, -0.25) is 9.13 Å². The van der Waals surface area contributed by atoms with Crippen LogP contribution in [0.5, 0.6) is 0 Å². The molecule has 0 spiro atoms. The van der Waals surface area contributed by atoms with Crippen molar-refractivity contribution in [1.82, 2.24) is 13.4 Å². The molecule has 0 fully saturated rings. The number of aromatic nitrogens is 2. The third kappa shape index (κ3) is 3.01. The second-order valence-corrected chi connectivity index (χ2v) is 8.34. The Kier molecular flexibility index (Phi) is 4.30. The molecule has 3 aromatic rings. The lowest BCUT2D eigenvalue weighted by atomic mass is 10.1. The standard InChI is InChI=1S/C18H21N3O3S/c1-13-5-7-14(8-6-13)12-19(2)25(23,24)15-9-10-16-17(11-15)21(4)18(22)20(16)3/h5-11H,12H2,1-4H3. The zero-order valence-electron chi connectivity index (χ0n) is 14.7. The predicted octanol–water partition coefficient (Wildman–Crippen LogP) is 2.01. The summed E-state index contributed by atoms with van der Waals surface area (Å²) >= 11 is 0. The van der Waals surface area contributed by atoms with Crippen molar-refractivity contribution >= 4 is 21.1 Å². The van der Waals surface area contributed by atoms with Gasteiger partial charge in [-0.15, -0.1) is 0 Å². The molecule has 6 nitrogen and oxygen atoms in total. The van der Waals surface area contributed by atoms with E-state index in [2.05, 4.69) is 0 Å². The summed E-state index contributed by atoms with van der Waals surface area (Å²) in [5.74, 6) is 0. The summed E-state index contributed by atoms with van der Waals surface area (Å²) in [5.41, 5.74) is 3.16. The summed E-state index contributed by atoms with van der Waals surface area (Å²) in [5, 5.41) is 0. The molecule has 0 saturated heterocycles. The Labute approximate surface area is 147 Å². The predicted molar refractivity (Wildman–Crippen MR) is 98.0 cm³/mol. The third-order valence-electron chi connectivity index (χ3n) is 4.48. The quantitative estimate of drug-likeness (QED) is 0.716. The number of rotatable bonds is 4. The fraction of sp³-hybridized carbons (Fsp3) is 0.278. The highest BCUT2D eigenvalue weighted by atomic mass is 32.2. The molecule has 25 heavy (non-hydrogen) atoms. The van der Waals surface area contributed by atoms with Crippen LogP contribution in [0.1, 0.15) is 11.1 Å². The van der Waals surface area contributed by atoms with Gasteiger partial charge in [-0.1, -0.05) is 29.8 Å². The van der Waals surface area contributed by atoms with Crippen molar-refractivity contribution in [3.63, 3.8) is 0 Å². The van der Waals surface area contributed by atoms with Gasteiger partial charge in [0, 0.05) is 27.7 Å². The Morgan fingerprint density at radius 2 is 1.56 bits per heavy atom. The van der Waals surface area contributed by atoms with Gasteiger partial charge in [-0.25, -0.2) is 13.2 Å². The summed E-state index contributed by atoms with van der Waals surface area (Å²) in [7, 11) is 1.21. The van der Waals surface area contributed by atoms with Crippen LogP contribution in [0.2, 0.25) is 0 Å². The molecular weight excluding hydrogens is 338 g/mol. The van der Waals surface area contributed by atoms with Gasteiger partial charge in [0.2, 0.25) is 10.0 Å². The first-order valence-electron chi connectivity index (χ1n) is 7.89. The Balaban J connectivity index is 1.98. The van der Waals surface area contributed by atoms with Gasteiger partial charge in [0.15, 0.2) is 0 Å². The molecule has 0 N–H and O–H groups in total. The molecule has 0 bridgehead atoms. The van der Waals surface area contributed by atoms with Crippen molar-refractivity contribution in [2.45, 2.75) is 18.4 Å². The number of sulfonamides is 1. The highest BCUT2D eigenvalue weighted by Gasteiger charge is 2.22. The number of imidazole rings is 1. The van der Waals surface area contributed by atoms with Crippen LogP contribution in [-0.2, 0) is 30.7 Å². The normalized spacial score (nSPS) is 12.2. The van der Waals surface area contributed by atoms with Gasteiger partial charge in [-0.05, 0) is 30.7 Å². The van der Waals surface area contributed by atoms with Crippen LogP contribution in [0.4, 0.5) is 0 Å². The molecule has 0 aliphatic carbocycles. The monoisotopic (exact) mass is 359 g/mol. The zero-order valence-corrected chi connectivity index (χ0v) is 15.5. The van der Waals surface area contributed by atoms with Crippen molar-refractivity contribution in [2.24, 2.45) is 14.1 Å². The molecule has 0 radical (unpaired) electrons. The van der Waals surface area contributed by atoms with Gasteiger partial charge in [0.1, 0.15) is 0 Å². The van der Waals surface area contributed by atoms with E-state index in [4.69, 9.17) is 0 Å². The van der Waals surface area contributed by atoms with Gasteiger partial charge < -0.3 is 0 Å². The molecule has 3 rings (SSSR count). The number of aryl methyl sites for hydroxylation is 3. The molecule has 1 heterocycles. The van der Waals surface area contributed by atoms with Crippen molar-refractivity contribution in [2.75, 3.05) is 7.05 Å². The minimum atomic E-state index is -3.65. The van der Waals surface area contributed by atoms with Gasteiger partial charge in [0.25, 0.3) is 0 Å². The Hall–Kier alpha value is -2.38. The maximum Gasteiger partial charge on any atom is 0.328 e. The maximum atomic E-state index is 12.9. The van der Waals surface area contributed by atoms with Gasteiger partial charge in [0.05, 0.1) is 15.9 Å². The van der Waals surface area contributed by atoms with E-state index in [-0.39, 0.29) is 17.1 Å². The average Bonchev–Trinajstić information content (AvgIpc) is 2.81. The second kappa shape index (κ2) is 6.16. The highest BCUT2D eigenvalue weighted by Crippen LogP contribution is 2.21. The summed E-state index contributed by atoms with van der Waals surface area (Å²) in [6.45, 7) is 2.28. The first kappa shape index (κ1) is 17.4. The lowest BCUT2D eigenvalue weighted by Crippen LogP contribution is -2.26. The van der Waals surface area contributed by atoms with Crippen LogP contribution in [0, 0.1) is 6.92 Å².